The van der Waals surface area contributed by atoms with E-state index in [0.717, 1.165) is 0 Å². The van der Waals surface area contributed by atoms with Crippen LogP contribution in [0.15, 0.2) is 0 Å². The molecular formula is C6H12N2O3. The largest absolute Gasteiger partial charge is 0.396 e. The van der Waals surface area contributed by atoms with Crippen molar-refractivity contribution in [2.45, 2.75) is 12.8 Å². The first-order chi connectivity index (χ1) is 5.16. The lowest BCUT2D eigenvalue weighted by molar-refractivity contribution is -0.122. The second-order valence-electron chi connectivity index (χ2n) is 2.04. The van der Waals surface area contributed by atoms with Crippen LogP contribution in [0.1, 0.15) is 12.8 Å². The molecule has 0 spiro atoms. The Morgan fingerprint density at radius 2 is 2.00 bits per heavy atom. The average molecular weight is 160 g/mol. The summed E-state index contributed by atoms with van der Waals surface area (Å²) in [5.41, 5.74) is 4.81. The first-order valence-corrected chi connectivity index (χ1v) is 3.32. The Bertz CT molecular complexity index is 147. The molecule has 5 nitrogen and oxygen atoms in total. The molecule has 0 heterocycles. The highest BCUT2D eigenvalue weighted by atomic mass is 16.3. The van der Waals surface area contributed by atoms with Crippen molar-refractivity contribution >= 4 is 11.8 Å². The Balaban J connectivity index is 3.24. The number of aliphatic hydroxyl groups is 1. The molecule has 0 aliphatic heterocycles. The van der Waals surface area contributed by atoms with Gasteiger partial charge in [-0.15, -0.1) is 0 Å². The number of nitrogens with two attached hydrogens (primary N) is 1. The van der Waals surface area contributed by atoms with Gasteiger partial charge in [-0.05, 0) is 0 Å². The lowest BCUT2D eigenvalue weighted by Crippen LogP contribution is -2.28. The third kappa shape index (κ3) is 6.79. The monoisotopic (exact) mass is 160 g/mol. The van der Waals surface area contributed by atoms with Gasteiger partial charge in [0.25, 0.3) is 0 Å². The fourth-order valence-electron chi connectivity index (χ4n) is 0.515. The Kier molecular flexibility index (Phi) is 5.10. The number of carbonyl (C=O) groups is 2. The maximum absolute atomic E-state index is 10.6. The molecule has 11 heavy (non-hydrogen) atoms. The number of rotatable bonds is 5. The molecular weight excluding hydrogens is 148 g/mol. The first kappa shape index (κ1) is 9.90. The highest BCUT2D eigenvalue weighted by Gasteiger charge is 1.99. The van der Waals surface area contributed by atoms with Crippen LogP contribution in [0.2, 0.25) is 0 Å². The minimum atomic E-state index is -0.450. The SMILES string of the molecule is NC(=O)CCNC(=O)CCO. The molecule has 0 rings (SSSR count). The summed E-state index contributed by atoms with van der Waals surface area (Å²) in [6.45, 7) is 0.0660. The van der Waals surface area contributed by atoms with Crippen molar-refractivity contribution in [3.05, 3.63) is 0 Å². The average Bonchev–Trinajstić information content (AvgIpc) is 1.87. The predicted octanol–water partition coefficient (Wildman–Crippen LogP) is -1.64. The Hall–Kier alpha value is -1.10. The second-order valence-corrected chi connectivity index (χ2v) is 2.04. The maximum atomic E-state index is 10.6. The van der Waals surface area contributed by atoms with Crippen molar-refractivity contribution in [2.24, 2.45) is 5.73 Å². The number of amides is 2. The smallest absolute Gasteiger partial charge is 0.222 e. The van der Waals surface area contributed by atoms with Gasteiger partial charge in [0, 0.05) is 19.4 Å². The van der Waals surface area contributed by atoms with Gasteiger partial charge >= 0.3 is 0 Å². The van der Waals surface area contributed by atoms with E-state index in [1.165, 1.54) is 0 Å². The summed E-state index contributed by atoms with van der Waals surface area (Å²) < 4.78 is 0. The Morgan fingerprint density at radius 1 is 1.36 bits per heavy atom. The minimum Gasteiger partial charge on any atom is -0.396 e. The van der Waals surface area contributed by atoms with E-state index < -0.39 is 5.91 Å². The molecule has 0 atom stereocenters. The standard InChI is InChI=1S/C6H12N2O3/c7-5(10)1-3-8-6(11)2-4-9/h9H,1-4H2,(H2,7,10)(H,8,11). The van der Waals surface area contributed by atoms with E-state index in [-0.39, 0.29) is 31.9 Å². The highest BCUT2D eigenvalue weighted by Crippen LogP contribution is 1.78. The van der Waals surface area contributed by atoms with Crippen molar-refractivity contribution in [1.29, 1.82) is 0 Å². The van der Waals surface area contributed by atoms with Gasteiger partial charge in [-0.2, -0.15) is 0 Å². The molecule has 0 fully saturated rings. The van der Waals surface area contributed by atoms with Crippen LogP contribution in [0.3, 0.4) is 0 Å². The van der Waals surface area contributed by atoms with E-state index in [2.05, 4.69) is 5.32 Å². The summed E-state index contributed by atoms with van der Waals surface area (Å²) >= 11 is 0. The molecule has 0 aliphatic rings. The molecule has 0 bridgehead atoms. The summed E-state index contributed by atoms with van der Waals surface area (Å²) in [5.74, 6) is -0.719. The lowest BCUT2D eigenvalue weighted by Gasteiger charge is -2.00. The minimum absolute atomic E-state index is 0.0682. The zero-order chi connectivity index (χ0) is 8.69. The molecule has 64 valence electrons. The third-order valence-electron chi connectivity index (χ3n) is 1.03. The molecule has 0 aromatic heterocycles. The molecule has 5 heteroatoms. The topological polar surface area (TPSA) is 92.4 Å². The van der Waals surface area contributed by atoms with E-state index in [1.54, 1.807) is 0 Å². The van der Waals surface area contributed by atoms with Crippen LogP contribution in [0, 0.1) is 0 Å². The third-order valence-corrected chi connectivity index (χ3v) is 1.03. The molecule has 0 saturated carbocycles. The Morgan fingerprint density at radius 3 is 2.45 bits per heavy atom. The van der Waals surface area contributed by atoms with Gasteiger partial charge in [-0.3, -0.25) is 9.59 Å². The molecule has 0 aromatic carbocycles. The van der Waals surface area contributed by atoms with Gasteiger partial charge in [-0.1, -0.05) is 0 Å². The summed E-state index contributed by atoms with van der Waals surface area (Å²) in [6, 6.07) is 0. The summed E-state index contributed by atoms with van der Waals surface area (Å²) in [4.78, 5) is 20.8. The number of primary amides is 1. The van der Waals surface area contributed by atoms with E-state index in [9.17, 15) is 9.59 Å². The van der Waals surface area contributed by atoms with Crippen LogP contribution in [-0.4, -0.2) is 30.1 Å². The quantitative estimate of drug-likeness (QED) is 0.450. The lowest BCUT2D eigenvalue weighted by atomic mass is 10.4. The van der Waals surface area contributed by atoms with Crippen molar-refractivity contribution in [3.8, 4) is 0 Å². The van der Waals surface area contributed by atoms with Crippen LogP contribution < -0.4 is 11.1 Å². The summed E-state index contributed by atoms with van der Waals surface area (Å²) in [6.07, 6.45) is 0.204. The summed E-state index contributed by atoms with van der Waals surface area (Å²) in [5, 5.41) is 10.7. The van der Waals surface area contributed by atoms with Crippen LogP contribution in [0.5, 0.6) is 0 Å². The van der Waals surface area contributed by atoms with Crippen molar-refractivity contribution < 1.29 is 14.7 Å². The van der Waals surface area contributed by atoms with Gasteiger partial charge in [0.15, 0.2) is 0 Å². The van der Waals surface area contributed by atoms with Crippen molar-refractivity contribution in [3.63, 3.8) is 0 Å². The zero-order valence-corrected chi connectivity index (χ0v) is 6.17. The van der Waals surface area contributed by atoms with Crippen molar-refractivity contribution in [2.75, 3.05) is 13.2 Å². The van der Waals surface area contributed by atoms with Crippen LogP contribution >= 0.6 is 0 Å². The number of hydrogen-bond acceptors (Lipinski definition) is 3. The summed E-state index contributed by atoms with van der Waals surface area (Å²) in [7, 11) is 0. The van der Waals surface area contributed by atoms with Gasteiger partial charge in [-0.25, -0.2) is 0 Å². The molecule has 0 unspecified atom stereocenters. The predicted molar refractivity (Wildman–Crippen MR) is 38.5 cm³/mol. The van der Waals surface area contributed by atoms with Crippen molar-refractivity contribution in [1.82, 2.24) is 5.32 Å². The molecule has 0 aliphatic carbocycles. The Labute approximate surface area is 64.6 Å². The van der Waals surface area contributed by atoms with E-state index in [0.29, 0.717) is 0 Å². The maximum Gasteiger partial charge on any atom is 0.222 e. The van der Waals surface area contributed by atoms with E-state index in [1.807, 2.05) is 0 Å². The normalized spacial score (nSPS) is 9.18. The van der Waals surface area contributed by atoms with Crippen LogP contribution in [0.25, 0.3) is 0 Å². The van der Waals surface area contributed by atoms with Gasteiger partial charge in [0.05, 0.1) is 6.61 Å². The van der Waals surface area contributed by atoms with E-state index >= 15 is 0 Å². The molecule has 0 radical (unpaired) electrons. The first-order valence-electron chi connectivity index (χ1n) is 3.32. The van der Waals surface area contributed by atoms with Crippen LogP contribution in [-0.2, 0) is 9.59 Å². The van der Waals surface area contributed by atoms with Gasteiger partial charge in [0.2, 0.25) is 11.8 Å². The fourth-order valence-corrected chi connectivity index (χ4v) is 0.515. The molecule has 2 amide bonds. The molecule has 0 aromatic rings. The second kappa shape index (κ2) is 5.67. The fraction of sp³-hybridized carbons (Fsp3) is 0.667. The molecule has 4 N–H and O–H groups in total. The van der Waals surface area contributed by atoms with E-state index in [4.69, 9.17) is 10.8 Å². The number of carbonyl (C=O) groups excluding carboxylic acids is 2. The number of nitrogens with one attached hydrogen (secondary N) is 1. The number of aliphatic hydroxyl groups excluding tert-OH is 1. The highest BCUT2D eigenvalue weighted by molar-refractivity contribution is 5.78. The zero-order valence-electron chi connectivity index (χ0n) is 6.17. The van der Waals surface area contributed by atoms with Crippen LogP contribution in [0.4, 0.5) is 0 Å². The number of hydrogen-bond donors (Lipinski definition) is 3. The molecule has 0 saturated heterocycles. The van der Waals surface area contributed by atoms with Gasteiger partial charge < -0.3 is 16.2 Å². The van der Waals surface area contributed by atoms with Gasteiger partial charge in [0.1, 0.15) is 0 Å².